The van der Waals surface area contributed by atoms with Crippen molar-refractivity contribution < 1.29 is 18.7 Å². The average molecular weight is 275 g/mol. The van der Waals surface area contributed by atoms with Gasteiger partial charge in [0, 0.05) is 11.3 Å². The lowest BCUT2D eigenvalue weighted by atomic mass is 10.1. The first-order valence-corrected chi connectivity index (χ1v) is 5.96. The average Bonchev–Trinajstić information content (AvgIpc) is 2.46. The Bertz CT molecular complexity index is 628. The minimum absolute atomic E-state index is 0.000120. The van der Waals surface area contributed by atoms with Gasteiger partial charge in [-0.15, -0.1) is 0 Å². The molecule has 5 heteroatoms. The zero-order valence-electron chi connectivity index (χ0n) is 10.9. The van der Waals surface area contributed by atoms with Gasteiger partial charge in [-0.05, 0) is 18.2 Å². The van der Waals surface area contributed by atoms with Crippen molar-refractivity contribution in [3.63, 3.8) is 0 Å². The molecule has 0 saturated heterocycles. The summed E-state index contributed by atoms with van der Waals surface area (Å²) >= 11 is 0. The molecular weight excluding hydrogens is 261 g/mol. The summed E-state index contributed by atoms with van der Waals surface area (Å²) in [6.45, 7) is 0.000120. The van der Waals surface area contributed by atoms with Crippen molar-refractivity contribution in [3.05, 3.63) is 59.4 Å². The molecule has 0 unspecified atom stereocenters. The fourth-order valence-corrected chi connectivity index (χ4v) is 1.76. The van der Waals surface area contributed by atoms with Crippen LogP contribution in [0.5, 0.6) is 5.75 Å². The third kappa shape index (κ3) is 2.88. The van der Waals surface area contributed by atoms with Gasteiger partial charge in [0.15, 0.2) is 0 Å². The Labute approximate surface area is 115 Å². The van der Waals surface area contributed by atoms with Crippen molar-refractivity contribution >= 4 is 11.7 Å². The van der Waals surface area contributed by atoms with Crippen molar-refractivity contribution in [1.82, 2.24) is 0 Å². The largest absolute Gasteiger partial charge is 0.488 e. The molecule has 0 aliphatic heterocycles. The van der Waals surface area contributed by atoms with Gasteiger partial charge >= 0.3 is 5.97 Å². The van der Waals surface area contributed by atoms with Gasteiger partial charge in [-0.2, -0.15) is 0 Å². The van der Waals surface area contributed by atoms with Gasteiger partial charge in [0.1, 0.15) is 23.7 Å². The number of nitrogen functional groups attached to an aromatic ring is 1. The zero-order valence-corrected chi connectivity index (χ0v) is 10.9. The monoisotopic (exact) mass is 275 g/mol. The fraction of sp³-hybridized carbons (Fsp3) is 0.133. The summed E-state index contributed by atoms with van der Waals surface area (Å²) in [4.78, 5) is 11.7. The zero-order chi connectivity index (χ0) is 14.5. The molecule has 0 spiro atoms. The van der Waals surface area contributed by atoms with Crippen LogP contribution in [0.2, 0.25) is 0 Å². The van der Waals surface area contributed by atoms with E-state index < -0.39 is 5.97 Å². The molecule has 0 atom stereocenters. The summed E-state index contributed by atoms with van der Waals surface area (Å²) in [7, 11) is 1.26. The lowest BCUT2D eigenvalue weighted by Crippen LogP contribution is -2.09. The van der Waals surface area contributed by atoms with Crippen LogP contribution < -0.4 is 10.5 Å². The molecular formula is C15H14FNO3. The van der Waals surface area contributed by atoms with E-state index in [-0.39, 0.29) is 29.4 Å². The summed E-state index contributed by atoms with van der Waals surface area (Å²) in [6.07, 6.45) is 0. The number of hydrogen-bond acceptors (Lipinski definition) is 4. The van der Waals surface area contributed by atoms with Crippen molar-refractivity contribution in [2.45, 2.75) is 6.61 Å². The van der Waals surface area contributed by atoms with Crippen LogP contribution >= 0.6 is 0 Å². The molecule has 2 aromatic carbocycles. The number of nitrogens with two attached hydrogens (primary N) is 1. The van der Waals surface area contributed by atoms with Crippen LogP contribution in [0, 0.1) is 5.82 Å². The number of hydrogen-bond donors (Lipinski definition) is 1. The van der Waals surface area contributed by atoms with Crippen LogP contribution in [0.4, 0.5) is 10.1 Å². The minimum Gasteiger partial charge on any atom is -0.488 e. The number of esters is 1. The molecule has 20 heavy (non-hydrogen) atoms. The Morgan fingerprint density at radius 2 is 1.95 bits per heavy atom. The predicted octanol–water partition coefficient (Wildman–Crippen LogP) is 2.77. The second kappa shape index (κ2) is 6.06. The maximum absolute atomic E-state index is 13.5. The van der Waals surface area contributed by atoms with Crippen LogP contribution in [0.15, 0.2) is 42.5 Å². The maximum atomic E-state index is 13.5. The molecule has 4 nitrogen and oxygen atoms in total. The summed E-state index contributed by atoms with van der Waals surface area (Å²) in [5, 5.41) is 0. The molecule has 0 saturated carbocycles. The molecule has 2 aromatic rings. The Morgan fingerprint density at radius 1 is 1.20 bits per heavy atom. The minimum atomic E-state index is -0.591. The molecule has 0 amide bonds. The van der Waals surface area contributed by atoms with E-state index in [9.17, 15) is 9.18 Å². The molecule has 0 bridgehead atoms. The molecule has 0 heterocycles. The standard InChI is InChI=1S/C15H14FNO3/c1-19-15(18)14-12(17)7-4-8-13(14)20-9-10-5-2-3-6-11(10)16/h2-8H,9,17H2,1H3. The van der Waals surface area contributed by atoms with Crippen molar-refractivity contribution in [3.8, 4) is 5.75 Å². The smallest absolute Gasteiger partial charge is 0.343 e. The SMILES string of the molecule is COC(=O)c1c(N)cccc1OCc1ccccc1F. The van der Waals surface area contributed by atoms with E-state index in [4.69, 9.17) is 10.5 Å². The van der Waals surface area contributed by atoms with Gasteiger partial charge < -0.3 is 15.2 Å². The van der Waals surface area contributed by atoms with Crippen LogP contribution in [0.1, 0.15) is 15.9 Å². The third-order valence-corrected chi connectivity index (χ3v) is 2.79. The van der Waals surface area contributed by atoms with Crippen LogP contribution in [0.3, 0.4) is 0 Å². The summed E-state index contributed by atoms with van der Waals surface area (Å²) in [5.74, 6) is -0.692. The summed E-state index contributed by atoms with van der Waals surface area (Å²) in [6, 6.07) is 11.1. The van der Waals surface area contributed by atoms with Crippen LogP contribution in [0.25, 0.3) is 0 Å². The Balaban J connectivity index is 2.24. The molecule has 0 radical (unpaired) electrons. The normalized spacial score (nSPS) is 10.1. The molecule has 0 fully saturated rings. The molecule has 104 valence electrons. The Hall–Kier alpha value is -2.56. The van der Waals surface area contributed by atoms with Crippen molar-refractivity contribution in [2.24, 2.45) is 0 Å². The number of halogens is 1. The summed E-state index contributed by atoms with van der Waals surface area (Å²) < 4.78 is 23.6. The topological polar surface area (TPSA) is 61.5 Å². The first-order chi connectivity index (χ1) is 9.63. The van der Waals surface area contributed by atoms with E-state index in [1.807, 2.05) is 0 Å². The van der Waals surface area contributed by atoms with Gasteiger partial charge in [-0.25, -0.2) is 9.18 Å². The Kier molecular flexibility index (Phi) is 4.20. The molecule has 0 aliphatic rings. The van der Waals surface area contributed by atoms with Crippen LogP contribution in [-0.2, 0) is 11.3 Å². The van der Waals surface area contributed by atoms with E-state index in [2.05, 4.69) is 4.74 Å². The number of ether oxygens (including phenoxy) is 2. The highest BCUT2D eigenvalue weighted by Crippen LogP contribution is 2.26. The molecule has 2 N–H and O–H groups in total. The lowest BCUT2D eigenvalue weighted by molar-refractivity contribution is 0.0597. The van der Waals surface area contributed by atoms with Crippen molar-refractivity contribution in [2.75, 3.05) is 12.8 Å². The van der Waals surface area contributed by atoms with Gasteiger partial charge in [0.2, 0.25) is 0 Å². The van der Waals surface area contributed by atoms with Crippen LogP contribution in [-0.4, -0.2) is 13.1 Å². The number of carbonyl (C=O) groups excluding carboxylic acids is 1. The number of rotatable bonds is 4. The highest BCUT2D eigenvalue weighted by Gasteiger charge is 2.17. The van der Waals surface area contributed by atoms with E-state index in [0.717, 1.165) is 0 Å². The Morgan fingerprint density at radius 3 is 2.65 bits per heavy atom. The predicted molar refractivity (Wildman–Crippen MR) is 72.9 cm³/mol. The van der Waals surface area contributed by atoms with Gasteiger partial charge in [0.25, 0.3) is 0 Å². The van der Waals surface area contributed by atoms with E-state index in [0.29, 0.717) is 5.56 Å². The third-order valence-electron chi connectivity index (χ3n) is 2.79. The molecule has 0 aromatic heterocycles. The maximum Gasteiger partial charge on any atom is 0.343 e. The van der Waals surface area contributed by atoms with Gasteiger partial charge in [-0.1, -0.05) is 24.3 Å². The van der Waals surface area contributed by atoms with Gasteiger partial charge in [0.05, 0.1) is 7.11 Å². The first kappa shape index (κ1) is 13.9. The fourth-order valence-electron chi connectivity index (χ4n) is 1.76. The van der Waals surface area contributed by atoms with E-state index >= 15 is 0 Å². The van der Waals surface area contributed by atoms with Gasteiger partial charge in [-0.3, -0.25) is 0 Å². The first-order valence-electron chi connectivity index (χ1n) is 5.96. The highest BCUT2D eigenvalue weighted by atomic mass is 19.1. The van der Waals surface area contributed by atoms with E-state index in [1.165, 1.54) is 13.2 Å². The number of benzene rings is 2. The highest BCUT2D eigenvalue weighted by molar-refractivity contribution is 5.98. The van der Waals surface area contributed by atoms with Crippen molar-refractivity contribution in [1.29, 1.82) is 0 Å². The second-order valence-corrected chi connectivity index (χ2v) is 4.09. The quantitative estimate of drug-likeness (QED) is 0.688. The number of carbonyl (C=O) groups is 1. The van der Waals surface area contributed by atoms with E-state index in [1.54, 1.807) is 36.4 Å². The lowest BCUT2D eigenvalue weighted by Gasteiger charge is -2.12. The molecule has 2 rings (SSSR count). The second-order valence-electron chi connectivity index (χ2n) is 4.09. The number of methoxy groups -OCH3 is 1. The molecule has 0 aliphatic carbocycles. The number of anilines is 1. The summed E-state index contributed by atoms with van der Waals surface area (Å²) in [5.41, 5.74) is 6.53.